The van der Waals surface area contributed by atoms with Gasteiger partial charge in [-0.2, -0.15) is 18.3 Å². The van der Waals surface area contributed by atoms with Crippen molar-refractivity contribution in [1.82, 2.24) is 25.1 Å². The highest BCUT2D eigenvalue weighted by Gasteiger charge is 2.40. The molecule has 11 heteroatoms. The van der Waals surface area contributed by atoms with Crippen molar-refractivity contribution in [1.29, 1.82) is 0 Å². The Labute approximate surface area is 200 Å². The van der Waals surface area contributed by atoms with Crippen molar-refractivity contribution in [3.8, 4) is 17.1 Å². The Bertz CT molecular complexity index is 1260. The van der Waals surface area contributed by atoms with Gasteiger partial charge in [0.15, 0.2) is 5.82 Å². The molecule has 3 N–H and O–H groups in total. The van der Waals surface area contributed by atoms with Crippen LogP contribution in [0.3, 0.4) is 0 Å². The van der Waals surface area contributed by atoms with Crippen LogP contribution in [-0.2, 0) is 6.18 Å². The molecule has 3 aliphatic rings. The third kappa shape index (κ3) is 4.65. The van der Waals surface area contributed by atoms with E-state index >= 15 is 4.39 Å². The topological polar surface area (TPSA) is 90.9 Å². The van der Waals surface area contributed by atoms with E-state index in [-0.39, 0.29) is 35.1 Å². The van der Waals surface area contributed by atoms with Gasteiger partial charge in [0, 0.05) is 5.56 Å². The number of aromatic nitrogens is 4. The van der Waals surface area contributed by atoms with E-state index in [1.807, 2.05) is 0 Å². The number of pyridine rings is 2. The number of hydrogen-bond donors (Lipinski definition) is 2. The lowest BCUT2D eigenvalue weighted by Gasteiger charge is -2.18. The van der Waals surface area contributed by atoms with Crippen molar-refractivity contribution < 1.29 is 22.3 Å². The quantitative estimate of drug-likeness (QED) is 0.504. The Morgan fingerprint density at radius 1 is 1.17 bits per heavy atom. The van der Waals surface area contributed by atoms with Crippen LogP contribution in [0.2, 0.25) is 0 Å². The van der Waals surface area contributed by atoms with Crippen LogP contribution in [0.15, 0.2) is 12.3 Å². The number of halogens is 4. The van der Waals surface area contributed by atoms with Gasteiger partial charge in [0.05, 0.1) is 35.0 Å². The van der Waals surface area contributed by atoms with E-state index in [2.05, 4.69) is 20.4 Å². The Balaban J connectivity index is 0.000000362. The minimum Gasteiger partial charge on any atom is -0.474 e. The summed E-state index contributed by atoms with van der Waals surface area (Å²) >= 11 is 0. The summed E-state index contributed by atoms with van der Waals surface area (Å²) in [7, 11) is 0. The maximum atomic E-state index is 15.6. The third-order valence-electron chi connectivity index (χ3n) is 6.54. The van der Waals surface area contributed by atoms with E-state index in [0.29, 0.717) is 5.39 Å². The highest BCUT2D eigenvalue weighted by atomic mass is 19.4. The maximum absolute atomic E-state index is 15.6. The van der Waals surface area contributed by atoms with Gasteiger partial charge in [-0.15, -0.1) is 0 Å². The number of anilines is 1. The van der Waals surface area contributed by atoms with Gasteiger partial charge >= 0.3 is 6.18 Å². The summed E-state index contributed by atoms with van der Waals surface area (Å²) in [6.45, 7) is 7.30. The average molecular weight is 493 g/mol. The van der Waals surface area contributed by atoms with E-state index in [4.69, 9.17) is 10.5 Å². The van der Waals surface area contributed by atoms with Crippen LogP contribution >= 0.6 is 0 Å². The van der Waals surface area contributed by atoms with Crippen LogP contribution < -0.4 is 15.8 Å². The summed E-state index contributed by atoms with van der Waals surface area (Å²) in [5.41, 5.74) is 3.37. The number of ether oxygens (including phenoxy) is 1. The molecule has 188 valence electrons. The molecule has 7 nitrogen and oxygen atoms in total. The number of piperidine rings is 1. The number of nitrogens with zero attached hydrogens (tertiary/aromatic N) is 4. The first-order valence-corrected chi connectivity index (χ1v) is 11.8. The Morgan fingerprint density at radius 2 is 1.86 bits per heavy atom. The molecule has 1 aliphatic heterocycles. The fourth-order valence-electron chi connectivity index (χ4n) is 4.65. The minimum absolute atomic E-state index is 0.00971. The first kappa shape index (κ1) is 23.8. The molecule has 2 atom stereocenters. The van der Waals surface area contributed by atoms with Crippen LogP contribution in [0.25, 0.3) is 22.2 Å². The fourth-order valence-corrected chi connectivity index (χ4v) is 4.65. The van der Waals surface area contributed by atoms with E-state index in [0.717, 1.165) is 30.7 Å². The first-order valence-electron chi connectivity index (χ1n) is 11.8. The normalized spacial score (nSPS) is 21.1. The number of nitrogens with two attached hydrogens (primary N) is 1. The zero-order valence-corrected chi connectivity index (χ0v) is 19.8. The van der Waals surface area contributed by atoms with E-state index in [1.54, 1.807) is 13.8 Å². The molecule has 2 unspecified atom stereocenters. The number of rotatable bonds is 4. The molecule has 0 amide bonds. The second kappa shape index (κ2) is 8.61. The van der Waals surface area contributed by atoms with Crippen molar-refractivity contribution in [2.75, 3.05) is 18.8 Å². The summed E-state index contributed by atoms with van der Waals surface area (Å²) in [5, 5.41) is 7.87. The second-order valence-corrected chi connectivity index (χ2v) is 9.80. The Morgan fingerprint density at radius 3 is 2.37 bits per heavy atom. The lowest BCUT2D eigenvalue weighted by molar-refractivity contribution is -0.137. The second-order valence-electron chi connectivity index (χ2n) is 9.80. The molecule has 2 aliphatic carbocycles. The van der Waals surface area contributed by atoms with E-state index in [1.165, 1.54) is 37.3 Å². The van der Waals surface area contributed by atoms with E-state index < -0.39 is 28.8 Å². The molecule has 0 aromatic carbocycles. The Kier molecular flexibility index (Phi) is 5.85. The Hall–Kier alpha value is -2.95. The van der Waals surface area contributed by atoms with E-state index in [9.17, 15) is 13.2 Å². The minimum atomic E-state index is -4.76. The van der Waals surface area contributed by atoms with Crippen LogP contribution in [0.4, 0.5) is 23.4 Å². The maximum Gasteiger partial charge on any atom is 0.418 e. The molecule has 3 aromatic heterocycles. The largest absolute Gasteiger partial charge is 0.474 e. The van der Waals surface area contributed by atoms with Crippen molar-refractivity contribution in [3.63, 3.8) is 0 Å². The zero-order valence-electron chi connectivity index (χ0n) is 19.8. The SMILES string of the molecule is C1NCC2CC12.Cc1nc(N)cc(-c2nc(OC(C)C)c3cnn(C4CC4)c3c2F)c1C(F)(F)F. The van der Waals surface area contributed by atoms with Gasteiger partial charge in [0.25, 0.3) is 0 Å². The molecule has 2 saturated carbocycles. The van der Waals surface area contributed by atoms with Gasteiger partial charge < -0.3 is 15.8 Å². The van der Waals surface area contributed by atoms with Gasteiger partial charge in [0.1, 0.15) is 17.0 Å². The predicted molar refractivity (Wildman–Crippen MR) is 123 cm³/mol. The lowest BCUT2D eigenvalue weighted by Crippen LogP contribution is -2.14. The molecule has 0 spiro atoms. The van der Waals surface area contributed by atoms with Gasteiger partial charge in [-0.05, 0) is 71.0 Å². The standard InChI is InChI=1S/C19H19F4N5O.C5H9N/c1-8(2)29-18-12-7-25-28(10-4-5-10)17(12)15(20)16(27-18)11-6-13(24)26-9(3)14(11)19(21,22)23;1-4-2-6-3-5(1)4/h6-8,10H,4-5H2,1-3H3,(H2,24,26);4-6H,1-3H2. The van der Waals surface area contributed by atoms with Crippen molar-refractivity contribution in [2.45, 2.75) is 58.4 Å². The summed E-state index contributed by atoms with van der Waals surface area (Å²) in [4.78, 5) is 7.82. The number of nitrogen functional groups attached to an aromatic ring is 1. The summed E-state index contributed by atoms with van der Waals surface area (Å²) in [6, 6.07) is 1.000. The molecule has 0 radical (unpaired) electrons. The van der Waals surface area contributed by atoms with Crippen LogP contribution in [0.5, 0.6) is 5.88 Å². The average Bonchev–Trinajstić information content (AvgIpc) is 3.66. The van der Waals surface area contributed by atoms with Crippen LogP contribution in [-0.4, -0.2) is 38.9 Å². The highest BCUT2D eigenvalue weighted by molar-refractivity contribution is 5.89. The van der Waals surface area contributed by atoms with Gasteiger partial charge in [-0.25, -0.2) is 14.4 Å². The summed E-state index contributed by atoms with van der Waals surface area (Å²) in [6.07, 6.45) is -0.486. The number of nitrogens with one attached hydrogen (secondary N) is 1. The van der Waals surface area contributed by atoms with Crippen molar-refractivity contribution >= 4 is 16.7 Å². The predicted octanol–water partition coefficient (Wildman–Crippen LogP) is 4.89. The van der Waals surface area contributed by atoms with Crippen molar-refractivity contribution in [2.24, 2.45) is 11.8 Å². The van der Waals surface area contributed by atoms with Crippen molar-refractivity contribution in [3.05, 3.63) is 29.3 Å². The van der Waals surface area contributed by atoms with Gasteiger partial charge in [0.2, 0.25) is 5.88 Å². The molecule has 3 aromatic rings. The molecule has 3 fully saturated rings. The van der Waals surface area contributed by atoms with Gasteiger partial charge in [-0.1, -0.05) is 0 Å². The molecule has 1 saturated heterocycles. The third-order valence-corrected chi connectivity index (χ3v) is 6.54. The smallest absolute Gasteiger partial charge is 0.418 e. The number of fused-ring (bicyclic) bond motifs is 2. The summed E-state index contributed by atoms with van der Waals surface area (Å²) < 4.78 is 64.0. The molecular weight excluding hydrogens is 464 g/mol. The fraction of sp³-hybridized carbons (Fsp3) is 0.542. The molecule has 6 rings (SSSR count). The van der Waals surface area contributed by atoms with Crippen LogP contribution in [0, 0.1) is 24.6 Å². The molecule has 0 bridgehead atoms. The summed E-state index contributed by atoms with van der Waals surface area (Å²) in [5.74, 6) is 1.18. The zero-order chi connectivity index (χ0) is 25.1. The number of aryl methyl sites for hydroxylation is 1. The lowest BCUT2D eigenvalue weighted by atomic mass is 10.0. The monoisotopic (exact) mass is 492 g/mol. The molecule has 4 heterocycles. The molecular formula is C24H28F4N6O. The number of alkyl halides is 3. The number of hydrogen-bond acceptors (Lipinski definition) is 6. The first-order chi connectivity index (χ1) is 16.5. The molecule has 35 heavy (non-hydrogen) atoms. The van der Waals surface area contributed by atoms with Crippen LogP contribution in [0.1, 0.15) is 50.4 Å². The highest BCUT2D eigenvalue weighted by Crippen LogP contribution is 2.44. The van der Waals surface area contributed by atoms with Gasteiger partial charge in [-0.3, -0.25) is 4.68 Å².